The third kappa shape index (κ3) is 2.61. The van der Waals surface area contributed by atoms with Crippen LogP contribution in [0.3, 0.4) is 0 Å². The molecule has 160 valence electrons. The summed E-state index contributed by atoms with van der Waals surface area (Å²) in [5.41, 5.74) is 7.20. The van der Waals surface area contributed by atoms with Gasteiger partial charge in [-0.1, -0.05) is 38.1 Å². The summed E-state index contributed by atoms with van der Waals surface area (Å²) >= 11 is 0. The summed E-state index contributed by atoms with van der Waals surface area (Å²) < 4.78 is 0. The molecular formula is C24H27N5O2. The summed E-state index contributed by atoms with van der Waals surface area (Å²) in [6, 6.07) is 9.54. The van der Waals surface area contributed by atoms with Crippen molar-refractivity contribution in [2.24, 2.45) is 11.1 Å². The zero-order valence-corrected chi connectivity index (χ0v) is 18.4. The molecule has 1 amide bonds. The van der Waals surface area contributed by atoms with Gasteiger partial charge in [0.15, 0.2) is 5.78 Å². The molecule has 1 spiro atoms. The maximum absolute atomic E-state index is 14.1. The standard InChI is InChI=1S/C24H27N5O2/c1-6-11-28-17-10-8-7-9-15(17)24(22(28)31)16(14-25)21(26)29(27(4)5)18-12-23(2,3)13-19(30)20(18)24/h6-10H,1,11-13,26H2,2-5H3/t24-/m1/s1. The number of carbonyl (C=O) groups is 2. The molecule has 3 aliphatic rings. The average molecular weight is 418 g/mol. The summed E-state index contributed by atoms with van der Waals surface area (Å²) in [5, 5.41) is 13.7. The van der Waals surface area contributed by atoms with Crippen LogP contribution in [0.2, 0.25) is 0 Å². The maximum atomic E-state index is 14.1. The highest BCUT2D eigenvalue weighted by molar-refractivity contribution is 6.20. The zero-order valence-electron chi connectivity index (χ0n) is 18.4. The highest BCUT2D eigenvalue weighted by Crippen LogP contribution is 2.57. The highest BCUT2D eigenvalue weighted by Gasteiger charge is 2.63. The number of nitrogens with two attached hydrogens (primary N) is 1. The second kappa shape index (κ2) is 6.82. The van der Waals surface area contributed by atoms with Gasteiger partial charge in [0.2, 0.25) is 5.91 Å². The molecule has 2 aliphatic heterocycles. The molecule has 0 unspecified atom stereocenters. The van der Waals surface area contributed by atoms with Crippen molar-refractivity contribution >= 4 is 17.4 Å². The second-order valence-corrected chi connectivity index (χ2v) is 9.27. The molecule has 7 nitrogen and oxygen atoms in total. The lowest BCUT2D eigenvalue weighted by Crippen LogP contribution is -2.55. The normalized spacial score (nSPS) is 24.6. The molecule has 0 bridgehead atoms. The van der Waals surface area contributed by atoms with Gasteiger partial charge in [-0.25, -0.2) is 5.01 Å². The van der Waals surface area contributed by atoms with E-state index in [1.807, 2.05) is 52.2 Å². The molecule has 1 aromatic rings. The lowest BCUT2D eigenvalue weighted by molar-refractivity contribution is -0.125. The van der Waals surface area contributed by atoms with Gasteiger partial charge in [-0.3, -0.25) is 14.6 Å². The quantitative estimate of drug-likeness (QED) is 0.760. The fraction of sp³-hybridized carbons (Fsp3) is 0.375. The summed E-state index contributed by atoms with van der Waals surface area (Å²) in [4.78, 5) is 29.4. The number of hydrogen-bond donors (Lipinski definition) is 1. The Balaban J connectivity index is 2.15. The molecule has 4 rings (SSSR count). The number of para-hydroxylation sites is 1. The molecule has 31 heavy (non-hydrogen) atoms. The van der Waals surface area contributed by atoms with E-state index in [1.165, 1.54) is 0 Å². The number of hydrazine groups is 1. The molecule has 2 N–H and O–H groups in total. The summed E-state index contributed by atoms with van der Waals surface area (Å²) in [7, 11) is 3.62. The fourth-order valence-electron chi connectivity index (χ4n) is 5.31. The van der Waals surface area contributed by atoms with Crippen LogP contribution in [0.5, 0.6) is 0 Å². The average Bonchev–Trinajstić information content (AvgIpc) is 2.91. The van der Waals surface area contributed by atoms with E-state index in [0.717, 1.165) is 0 Å². The van der Waals surface area contributed by atoms with E-state index in [0.29, 0.717) is 35.4 Å². The number of fused-ring (bicyclic) bond motifs is 3. The minimum atomic E-state index is -1.53. The van der Waals surface area contributed by atoms with Gasteiger partial charge in [-0.15, -0.1) is 6.58 Å². The van der Waals surface area contributed by atoms with E-state index in [-0.39, 0.29) is 35.0 Å². The van der Waals surface area contributed by atoms with E-state index in [9.17, 15) is 14.9 Å². The molecule has 0 saturated heterocycles. The predicted octanol–water partition coefficient (Wildman–Crippen LogP) is 2.59. The van der Waals surface area contributed by atoms with Gasteiger partial charge in [0.25, 0.3) is 0 Å². The van der Waals surface area contributed by atoms with Crippen LogP contribution in [-0.2, 0) is 15.0 Å². The Hall–Kier alpha value is -3.37. The number of nitrogens with zero attached hydrogens (tertiary/aromatic N) is 4. The Labute approximate surface area is 182 Å². The fourth-order valence-corrected chi connectivity index (χ4v) is 5.31. The Morgan fingerprint density at radius 3 is 2.55 bits per heavy atom. The van der Waals surface area contributed by atoms with E-state index in [1.54, 1.807) is 21.0 Å². The number of Topliss-reactive ketones (excluding diaryl/α,β-unsaturated/α-hetero) is 1. The molecule has 7 heteroatoms. The number of rotatable bonds is 3. The Kier molecular flexibility index (Phi) is 4.60. The van der Waals surface area contributed by atoms with Gasteiger partial charge in [0.05, 0.1) is 5.57 Å². The number of ketones is 1. The topological polar surface area (TPSA) is 93.7 Å². The van der Waals surface area contributed by atoms with Crippen LogP contribution in [0, 0.1) is 16.7 Å². The van der Waals surface area contributed by atoms with Crippen molar-refractivity contribution in [1.29, 1.82) is 5.26 Å². The lowest BCUT2D eigenvalue weighted by atomic mass is 9.61. The zero-order chi connectivity index (χ0) is 22.7. The number of amides is 1. The van der Waals surface area contributed by atoms with Crippen LogP contribution < -0.4 is 10.6 Å². The first kappa shape index (κ1) is 20.9. The molecule has 0 saturated carbocycles. The largest absolute Gasteiger partial charge is 0.383 e. The minimum absolute atomic E-state index is 0.0945. The molecule has 1 atom stereocenters. The van der Waals surface area contributed by atoms with Crippen LogP contribution in [0.15, 0.2) is 59.6 Å². The smallest absolute Gasteiger partial charge is 0.248 e. The van der Waals surface area contributed by atoms with E-state index in [2.05, 4.69) is 12.6 Å². The Morgan fingerprint density at radius 2 is 1.94 bits per heavy atom. The number of hydrogen-bond acceptors (Lipinski definition) is 6. The van der Waals surface area contributed by atoms with Crippen molar-refractivity contribution in [3.63, 3.8) is 0 Å². The molecule has 0 radical (unpaired) electrons. The third-order valence-corrected chi connectivity index (χ3v) is 6.33. The third-order valence-electron chi connectivity index (χ3n) is 6.33. The number of carbonyl (C=O) groups excluding carboxylic acids is 2. The van der Waals surface area contributed by atoms with Crippen LogP contribution >= 0.6 is 0 Å². The lowest BCUT2D eigenvalue weighted by Gasteiger charge is -2.48. The SMILES string of the molecule is C=CCN1C(=O)[C@@]2(C(C#N)=C(N)N(N(C)C)C3=C2C(=O)CC(C)(C)C3)c2ccccc21. The summed E-state index contributed by atoms with van der Waals surface area (Å²) in [6.07, 6.45) is 2.50. The van der Waals surface area contributed by atoms with Crippen molar-refractivity contribution in [2.75, 3.05) is 25.5 Å². The van der Waals surface area contributed by atoms with Crippen molar-refractivity contribution in [3.05, 3.63) is 65.1 Å². The number of allylic oxidation sites excluding steroid dienone is 1. The molecule has 0 aromatic heterocycles. The van der Waals surface area contributed by atoms with Crippen molar-refractivity contribution in [2.45, 2.75) is 32.1 Å². The molecular weight excluding hydrogens is 390 g/mol. The first-order valence-corrected chi connectivity index (χ1v) is 10.3. The highest BCUT2D eigenvalue weighted by atomic mass is 16.2. The molecule has 1 aliphatic carbocycles. The monoisotopic (exact) mass is 417 g/mol. The van der Waals surface area contributed by atoms with Crippen molar-refractivity contribution in [3.8, 4) is 6.07 Å². The van der Waals surface area contributed by atoms with Crippen LogP contribution in [0.4, 0.5) is 5.69 Å². The maximum Gasteiger partial charge on any atom is 0.248 e. The minimum Gasteiger partial charge on any atom is -0.383 e. The van der Waals surface area contributed by atoms with E-state index >= 15 is 0 Å². The predicted molar refractivity (Wildman–Crippen MR) is 118 cm³/mol. The van der Waals surface area contributed by atoms with Crippen LogP contribution in [-0.4, -0.2) is 42.3 Å². The first-order valence-electron chi connectivity index (χ1n) is 10.3. The van der Waals surface area contributed by atoms with Gasteiger partial charge < -0.3 is 10.6 Å². The van der Waals surface area contributed by atoms with Gasteiger partial charge >= 0.3 is 0 Å². The molecule has 1 aromatic carbocycles. The first-order chi connectivity index (χ1) is 14.6. The van der Waals surface area contributed by atoms with E-state index < -0.39 is 5.41 Å². The van der Waals surface area contributed by atoms with Gasteiger partial charge in [-0.2, -0.15) is 5.26 Å². The van der Waals surface area contributed by atoms with Gasteiger partial charge in [0, 0.05) is 49.6 Å². The molecule has 0 fully saturated rings. The Morgan fingerprint density at radius 1 is 1.26 bits per heavy atom. The number of nitriles is 1. The van der Waals surface area contributed by atoms with Gasteiger partial charge in [-0.05, 0) is 17.9 Å². The number of benzene rings is 1. The van der Waals surface area contributed by atoms with Gasteiger partial charge in [0.1, 0.15) is 17.3 Å². The second-order valence-electron chi connectivity index (χ2n) is 9.27. The summed E-state index contributed by atoms with van der Waals surface area (Å²) in [6.45, 7) is 8.12. The van der Waals surface area contributed by atoms with E-state index in [4.69, 9.17) is 5.73 Å². The number of anilines is 1. The Bertz CT molecular complexity index is 1120. The van der Waals surface area contributed by atoms with Crippen molar-refractivity contribution < 1.29 is 9.59 Å². The molecule has 2 heterocycles. The van der Waals surface area contributed by atoms with Crippen LogP contribution in [0.25, 0.3) is 0 Å². The van der Waals surface area contributed by atoms with Crippen LogP contribution in [0.1, 0.15) is 32.3 Å². The summed E-state index contributed by atoms with van der Waals surface area (Å²) in [5.74, 6) is -0.269. The van der Waals surface area contributed by atoms with Crippen molar-refractivity contribution in [1.82, 2.24) is 10.0 Å².